The zero-order valence-corrected chi connectivity index (χ0v) is 8.89. The van der Waals surface area contributed by atoms with Gasteiger partial charge in [-0.15, -0.1) is 13.2 Å². The lowest BCUT2D eigenvalue weighted by Crippen LogP contribution is -2.16. The van der Waals surface area contributed by atoms with Crippen molar-refractivity contribution in [3.05, 3.63) is 42.0 Å². The molecular weight excluding hydrogens is 249 g/mol. The first-order chi connectivity index (χ1) is 8.53. The van der Waals surface area contributed by atoms with Gasteiger partial charge in [0.2, 0.25) is 6.39 Å². The summed E-state index contributed by atoms with van der Waals surface area (Å²) in [5.41, 5.74) is 0.689. The summed E-state index contributed by atoms with van der Waals surface area (Å²) < 4.78 is 44.0. The van der Waals surface area contributed by atoms with E-state index in [0.29, 0.717) is 11.4 Å². The topological polar surface area (TPSA) is 48.2 Å². The highest BCUT2D eigenvalue weighted by Crippen LogP contribution is 2.23. The lowest BCUT2D eigenvalue weighted by atomic mass is 10.2. The van der Waals surface area contributed by atoms with Crippen LogP contribution < -0.4 is 4.74 Å². The van der Waals surface area contributed by atoms with Crippen molar-refractivity contribution in [2.45, 2.75) is 6.36 Å². The van der Waals surface area contributed by atoms with Crippen molar-refractivity contribution in [2.24, 2.45) is 0 Å². The first kappa shape index (κ1) is 12.2. The Morgan fingerprint density at radius 3 is 2.39 bits per heavy atom. The second kappa shape index (κ2) is 4.91. The largest absolute Gasteiger partial charge is 0.573 e. The molecule has 0 saturated heterocycles. The number of alkyl halides is 3. The van der Waals surface area contributed by atoms with E-state index in [0.717, 1.165) is 0 Å². The van der Waals surface area contributed by atoms with Gasteiger partial charge in [0.15, 0.2) is 5.82 Å². The third-order valence-corrected chi connectivity index (χ3v) is 1.92. The molecule has 0 aliphatic heterocycles. The molecule has 2 rings (SSSR count). The van der Waals surface area contributed by atoms with Crippen molar-refractivity contribution in [1.29, 1.82) is 0 Å². The van der Waals surface area contributed by atoms with Gasteiger partial charge in [0.05, 0.1) is 0 Å². The molecule has 0 radical (unpaired) electrons. The summed E-state index contributed by atoms with van der Waals surface area (Å²) in [5.74, 6) is 0.116. The Labute approximate surface area is 99.7 Å². The maximum atomic E-state index is 11.9. The minimum absolute atomic E-state index is 0.265. The monoisotopic (exact) mass is 256 g/mol. The van der Waals surface area contributed by atoms with Crippen molar-refractivity contribution in [2.75, 3.05) is 0 Å². The average Bonchev–Trinajstić information content (AvgIpc) is 2.79. The fraction of sp³-hybridized carbons (Fsp3) is 0.0909. The molecule has 0 amide bonds. The molecule has 0 aliphatic rings. The fourth-order valence-electron chi connectivity index (χ4n) is 1.20. The van der Waals surface area contributed by atoms with Gasteiger partial charge in [-0.25, -0.2) is 0 Å². The molecule has 0 unspecified atom stereocenters. The number of benzene rings is 1. The second-order valence-corrected chi connectivity index (χ2v) is 3.24. The van der Waals surface area contributed by atoms with E-state index in [9.17, 15) is 13.2 Å². The maximum absolute atomic E-state index is 11.9. The van der Waals surface area contributed by atoms with Crippen LogP contribution in [-0.4, -0.2) is 16.5 Å². The Morgan fingerprint density at radius 2 is 1.83 bits per heavy atom. The van der Waals surface area contributed by atoms with Crippen molar-refractivity contribution >= 4 is 12.2 Å². The molecule has 0 fully saturated rings. The van der Waals surface area contributed by atoms with Crippen LogP contribution in [0, 0.1) is 0 Å². The number of hydrogen-bond donors (Lipinski definition) is 0. The third-order valence-electron chi connectivity index (χ3n) is 1.92. The van der Waals surface area contributed by atoms with Crippen LogP contribution in [0.2, 0.25) is 0 Å². The van der Waals surface area contributed by atoms with Gasteiger partial charge >= 0.3 is 6.36 Å². The molecule has 2 aromatic rings. The second-order valence-electron chi connectivity index (χ2n) is 3.24. The summed E-state index contributed by atoms with van der Waals surface area (Å²) in [6.45, 7) is 0. The molecule has 18 heavy (non-hydrogen) atoms. The molecule has 0 N–H and O–H groups in total. The Morgan fingerprint density at radius 1 is 1.11 bits per heavy atom. The van der Waals surface area contributed by atoms with E-state index in [1.54, 1.807) is 12.2 Å². The van der Waals surface area contributed by atoms with E-state index in [1.807, 2.05) is 0 Å². The van der Waals surface area contributed by atoms with Crippen LogP contribution in [0.4, 0.5) is 13.2 Å². The highest BCUT2D eigenvalue weighted by Gasteiger charge is 2.30. The normalized spacial score (nSPS) is 11.9. The first-order valence-electron chi connectivity index (χ1n) is 4.83. The van der Waals surface area contributed by atoms with Crippen molar-refractivity contribution in [3.8, 4) is 5.75 Å². The highest BCUT2D eigenvalue weighted by molar-refractivity contribution is 5.66. The van der Waals surface area contributed by atoms with E-state index >= 15 is 0 Å². The number of halogens is 3. The van der Waals surface area contributed by atoms with Gasteiger partial charge in [-0.2, -0.15) is 4.98 Å². The van der Waals surface area contributed by atoms with Gasteiger partial charge in [0, 0.05) is 0 Å². The van der Waals surface area contributed by atoms with E-state index < -0.39 is 6.36 Å². The quantitative estimate of drug-likeness (QED) is 0.846. The van der Waals surface area contributed by atoms with E-state index in [1.165, 1.54) is 30.7 Å². The van der Waals surface area contributed by atoms with Gasteiger partial charge in [-0.3, -0.25) is 0 Å². The highest BCUT2D eigenvalue weighted by atomic mass is 19.4. The molecular formula is C11H7F3N2O2. The van der Waals surface area contributed by atoms with Crippen LogP contribution in [0.25, 0.3) is 12.2 Å². The molecule has 0 bridgehead atoms. The molecule has 1 heterocycles. The Bertz CT molecular complexity index is 518. The number of aromatic nitrogens is 2. The number of hydrogen-bond acceptors (Lipinski definition) is 4. The van der Waals surface area contributed by atoms with Crippen LogP contribution in [0.15, 0.2) is 35.2 Å². The van der Waals surface area contributed by atoms with Crippen LogP contribution in [0.3, 0.4) is 0 Å². The molecule has 4 nitrogen and oxygen atoms in total. The average molecular weight is 256 g/mol. The molecule has 1 aromatic carbocycles. The Hall–Kier alpha value is -2.31. The van der Waals surface area contributed by atoms with Gasteiger partial charge in [-0.1, -0.05) is 23.4 Å². The number of nitrogens with zero attached hydrogens (tertiary/aromatic N) is 2. The first-order valence-corrected chi connectivity index (χ1v) is 4.83. The smallest absolute Gasteiger partial charge is 0.406 e. The summed E-state index contributed by atoms with van der Waals surface area (Å²) in [5, 5.41) is 3.55. The predicted molar refractivity (Wildman–Crippen MR) is 56.4 cm³/mol. The lowest BCUT2D eigenvalue weighted by Gasteiger charge is -2.08. The van der Waals surface area contributed by atoms with Crippen LogP contribution in [0.5, 0.6) is 5.75 Å². The van der Waals surface area contributed by atoms with Gasteiger partial charge in [-0.05, 0) is 23.8 Å². The summed E-state index contributed by atoms with van der Waals surface area (Å²) in [7, 11) is 0. The molecule has 7 heteroatoms. The molecule has 0 spiro atoms. The molecule has 0 atom stereocenters. The summed E-state index contributed by atoms with van der Waals surface area (Å²) in [6.07, 6.45) is -0.284. The van der Waals surface area contributed by atoms with Crippen LogP contribution >= 0.6 is 0 Å². The maximum Gasteiger partial charge on any atom is 0.573 e. The SMILES string of the molecule is FC(F)(F)Oc1ccc(/C=C\c2ncon2)cc1. The van der Waals surface area contributed by atoms with E-state index in [-0.39, 0.29) is 5.75 Å². The Kier molecular flexibility index (Phi) is 3.31. The zero-order chi connectivity index (χ0) is 13.0. The molecule has 0 saturated carbocycles. The van der Waals surface area contributed by atoms with Gasteiger partial charge in [0.25, 0.3) is 0 Å². The minimum atomic E-state index is -4.68. The summed E-state index contributed by atoms with van der Waals surface area (Å²) in [6, 6.07) is 5.42. The Balaban J connectivity index is 2.04. The summed E-state index contributed by atoms with van der Waals surface area (Å²) in [4.78, 5) is 3.76. The van der Waals surface area contributed by atoms with E-state index in [2.05, 4.69) is 19.4 Å². The van der Waals surface area contributed by atoms with Crippen molar-refractivity contribution in [3.63, 3.8) is 0 Å². The van der Waals surface area contributed by atoms with Crippen LogP contribution in [-0.2, 0) is 0 Å². The van der Waals surface area contributed by atoms with Crippen molar-refractivity contribution in [1.82, 2.24) is 10.1 Å². The van der Waals surface area contributed by atoms with Gasteiger partial charge in [0.1, 0.15) is 5.75 Å². The number of rotatable bonds is 3. The standard InChI is InChI=1S/C11H7F3N2O2/c12-11(13,14)18-9-4-1-8(2-5-9)3-6-10-15-7-17-16-10/h1-7H/b6-3-. The predicted octanol–water partition coefficient (Wildman–Crippen LogP) is 3.14. The summed E-state index contributed by atoms with van der Waals surface area (Å²) >= 11 is 0. The molecule has 1 aromatic heterocycles. The van der Waals surface area contributed by atoms with Crippen molar-refractivity contribution < 1.29 is 22.4 Å². The molecule has 0 aliphatic carbocycles. The third kappa shape index (κ3) is 3.62. The van der Waals surface area contributed by atoms with Crippen LogP contribution in [0.1, 0.15) is 11.4 Å². The minimum Gasteiger partial charge on any atom is -0.406 e. The molecule has 94 valence electrons. The fourth-order valence-corrected chi connectivity index (χ4v) is 1.20. The van der Waals surface area contributed by atoms with Gasteiger partial charge < -0.3 is 9.26 Å². The zero-order valence-electron chi connectivity index (χ0n) is 8.89. The number of ether oxygens (including phenoxy) is 1. The lowest BCUT2D eigenvalue weighted by molar-refractivity contribution is -0.274. The van der Waals surface area contributed by atoms with E-state index in [4.69, 9.17) is 0 Å².